The van der Waals surface area contributed by atoms with Crippen LogP contribution in [0.2, 0.25) is 5.02 Å². The van der Waals surface area contributed by atoms with E-state index in [1.807, 2.05) is 0 Å². The highest BCUT2D eigenvalue weighted by Crippen LogP contribution is 2.24. The number of hydrogen-bond donors (Lipinski definition) is 2. The molecule has 0 unspecified atom stereocenters. The zero-order chi connectivity index (χ0) is 16.9. The Hall–Kier alpha value is -3.06. The van der Waals surface area contributed by atoms with E-state index in [-0.39, 0.29) is 11.9 Å². The maximum atomic E-state index is 12.0. The monoisotopic (exact) mass is 344 g/mol. The third-order valence-corrected chi connectivity index (χ3v) is 3.34. The van der Waals surface area contributed by atoms with Gasteiger partial charge >= 0.3 is 12.0 Å². The summed E-state index contributed by atoms with van der Waals surface area (Å²) in [6, 6.07) is 13.4. The van der Waals surface area contributed by atoms with E-state index in [0.29, 0.717) is 22.0 Å². The van der Waals surface area contributed by atoms with Gasteiger partial charge in [-0.05, 0) is 36.4 Å². The normalized spacial score (nSPS) is 10.2. The molecule has 2 amide bonds. The van der Waals surface area contributed by atoms with E-state index in [0.717, 1.165) is 0 Å². The topological polar surface area (TPSA) is 89.3 Å². The number of nitrogens with one attached hydrogen (secondary N) is 2. The number of nitrogens with zero attached hydrogens (tertiary/aromatic N) is 2. The van der Waals surface area contributed by atoms with Crippen molar-refractivity contribution in [3.05, 3.63) is 53.6 Å². The van der Waals surface area contributed by atoms with E-state index in [1.165, 1.54) is 7.11 Å². The first kappa shape index (κ1) is 15.8. The SMILES string of the molecule is COc1ccccc1NC(=O)Nc1nnc(-c2ccc(Cl)cc2)o1. The van der Waals surface area contributed by atoms with Gasteiger partial charge in [0.15, 0.2) is 0 Å². The minimum atomic E-state index is -0.522. The Labute approximate surface area is 142 Å². The number of ether oxygens (including phenoxy) is 1. The number of aromatic nitrogens is 2. The van der Waals surface area contributed by atoms with Crippen LogP contribution in [0.25, 0.3) is 11.5 Å². The third kappa shape index (κ3) is 3.64. The van der Waals surface area contributed by atoms with E-state index >= 15 is 0 Å². The van der Waals surface area contributed by atoms with Gasteiger partial charge in [0, 0.05) is 10.6 Å². The molecule has 0 saturated carbocycles. The van der Waals surface area contributed by atoms with Crippen molar-refractivity contribution in [3.8, 4) is 17.2 Å². The van der Waals surface area contributed by atoms with Gasteiger partial charge in [-0.3, -0.25) is 5.32 Å². The molecule has 24 heavy (non-hydrogen) atoms. The first-order valence-electron chi connectivity index (χ1n) is 6.96. The Bertz CT molecular complexity index is 849. The number of benzene rings is 2. The van der Waals surface area contributed by atoms with Crippen LogP contribution < -0.4 is 15.4 Å². The van der Waals surface area contributed by atoms with Crippen molar-refractivity contribution in [2.24, 2.45) is 0 Å². The van der Waals surface area contributed by atoms with Gasteiger partial charge in [0.1, 0.15) is 5.75 Å². The Morgan fingerprint density at radius 2 is 1.83 bits per heavy atom. The molecule has 0 aliphatic heterocycles. The molecule has 1 aromatic heterocycles. The van der Waals surface area contributed by atoms with Crippen LogP contribution in [-0.4, -0.2) is 23.3 Å². The van der Waals surface area contributed by atoms with Crippen LogP contribution >= 0.6 is 11.6 Å². The summed E-state index contributed by atoms with van der Waals surface area (Å²) in [7, 11) is 1.52. The fraction of sp³-hybridized carbons (Fsp3) is 0.0625. The summed E-state index contributed by atoms with van der Waals surface area (Å²) in [6.07, 6.45) is 0. The van der Waals surface area contributed by atoms with E-state index < -0.39 is 6.03 Å². The lowest BCUT2D eigenvalue weighted by Crippen LogP contribution is -2.20. The fourth-order valence-corrected chi connectivity index (χ4v) is 2.11. The average molecular weight is 345 g/mol. The zero-order valence-electron chi connectivity index (χ0n) is 12.6. The van der Waals surface area contributed by atoms with Crippen molar-refractivity contribution < 1.29 is 13.9 Å². The molecular formula is C16H13ClN4O3. The van der Waals surface area contributed by atoms with Crippen LogP contribution in [0.5, 0.6) is 5.75 Å². The summed E-state index contributed by atoms with van der Waals surface area (Å²) < 4.78 is 10.6. The van der Waals surface area contributed by atoms with Crippen molar-refractivity contribution in [1.29, 1.82) is 0 Å². The van der Waals surface area contributed by atoms with Crippen LogP contribution in [0.3, 0.4) is 0 Å². The second-order valence-corrected chi connectivity index (χ2v) is 5.14. The van der Waals surface area contributed by atoms with Crippen molar-refractivity contribution in [2.45, 2.75) is 0 Å². The first-order valence-corrected chi connectivity index (χ1v) is 7.34. The molecule has 0 spiro atoms. The largest absolute Gasteiger partial charge is 0.495 e. The molecule has 0 saturated heterocycles. The lowest BCUT2D eigenvalue weighted by molar-refractivity contribution is 0.261. The molecular weight excluding hydrogens is 332 g/mol. The highest BCUT2D eigenvalue weighted by molar-refractivity contribution is 6.30. The molecule has 2 N–H and O–H groups in total. The highest BCUT2D eigenvalue weighted by atomic mass is 35.5. The Kier molecular flexibility index (Phi) is 4.62. The third-order valence-electron chi connectivity index (χ3n) is 3.09. The Morgan fingerprint density at radius 3 is 2.58 bits per heavy atom. The van der Waals surface area contributed by atoms with Crippen LogP contribution in [0.15, 0.2) is 52.9 Å². The molecule has 0 radical (unpaired) electrons. The lowest BCUT2D eigenvalue weighted by Gasteiger charge is -2.09. The molecule has 8 heteroatoms. The van der Waals surface area contributed by atoms with Crippen molar-refractivity contribution in [1.82, 2.24) is 10.2 Å². The van der Waals surface area contributed by atoms with Crippen molar-refractivity contribution >= 4 is 29.3 Å². The molecule has 0 aliphatic rings. The summed E-state index contributed by atoms with van der Waals surface area (Å²) >= 11 is 5.83. The van der Waals surface area contributed by atoms with E-state index in [2.05, 4.69) is 20.8 Å². The number of hydrogen-bond acceptors (Lipinski definition) is 5. The summed E-state index contributed by atoms with van der Waals surface area (Å²) in [6.45, 7) is 0. The van der Waals surface area contributed by atoms with Gasteiger partial charge in [-0.15, -0.1) is 5.10 Å². The Balaban J connectivity index is 1.68. The second-order valence-electron chi connectivity index (χ2n) is 4.70. The maximum absolute atomic E-state index is 12.0. The molecule has 7 nitrogen and oxygen atoms in total. The highest BCUT2D eigenvalue weighted by Gasteiger charge is 2.12. The minimum absolute atomic E-state index is 0.0210. The summed E-state index contributed by atoms with van der Waals surface area (Å²) in [5.74, 6) is 0.819. The number of carbonyl (C=O) groups excluding carboxylic acids is 1. The minimum Gasteiger partial charge on any atom is -0.495 e. The van der Waals surface area contributed by atoms with Gasteiger partial charge in [-0.25, -0.2) is 4.79 Å². The molecule has 0 atom stereocenters. The van der Waals surface area contributed by atoms with Gasteiger partial charge in [-0.2, -0.15) is 0 Å². The second kappa shape index (κ2) is 7.01. The molecule has 3 rings (SSSR count). The lowest BCUT2D eigenvalue weighted by atomic mass is 10.2. The van der Waals surface area contributed by atoms with Gasteiger partial charge in [-0.1, -0.05) is 28.8 Å². The first-order chi connectivity index (χ1) is 11.7. The quantitative estimate of drug-likeness (QED) is 0.745. The zero-order valence-corrected chi connectivity index (χ0v) is 13.4. The van der Waals surface area contributed by atoms with E-state index in [4.69, 9.17) is 20.8 Å². The number of halogens is 1. The van der Waals surface area contributed by atoms with Gasteiger partial charge in [0.05, 0.1) is 12.8 Å². The maximum Gasteiger partial charge on any atom is 0.327 e. The average Bonchev–Trinajstić information content (AvgIpc) is 3.04. The summed E-state index contributed by atoms with van der Waals surface area (Å²) in [5, 5.41) is 13.4. The predicted molar refractivity (Wildman–Crippen MR) is 90.4 cm³/mol. The van der Waals surface area contributed by atoms with Gasteiger partial charge < -0.3 is 14.5 Å². The summed E-state index contributed by atoms with van der Waals surface area (Å²) in [4.78, 5) is 12.0. The predicted octanol–water partition coefficient (Wildman–Crippen LogP) is 4.04. The van der Waals surface area contributed by atoms with Crippen LogP contribution in [0.1, 0.15) is 0 Å². The number of carbonyl (C=O) groups is 1. The number of amides is 2. The fourth-order valence-electron chi connectivity index (χ4n) is 1.98. The molecule has 0 fully saturated rings. The van der Waals surface area contributed by atoms with Crippen LogP contribution in [0, 0.1) is 0 Å². The summed E-state index contributed by atoms with van der Waals surface area (Å²) in [5.41, 5.74) is 1.22. The molecule has 0 aliphatic carbocycles. The smallest absolute Gasteiger partial charge is 0.327 e. The standard InChI is InChI=1S/C16H13ClN4O3/c1-23-13-5-3-2-4-12(13)18-15(22)19-16-21-20-14(24-16)10-6-8-11(17)9-7-10/h2-9H,1H3,(H2,18,19,21,22). The Morgan fingerprint density at radius 1 is 1.08 bits per heavy atom. The molecule has 1 heterocycles. The van der Waals surface area contributed by atoms with Gasteiger partial charge in [0.2, 0.25) is 5.89 Å². The van der Waals surface area contributed by atoms with E-state index in [9.17, 15) is 4.79 Å². The van der Waals surface area contributed by atoms with Crippen molar-refractivity contribution in [3.63, 3.8) is 0 Å². The number of rotatable bonds is 4. The number of urea groups is 1. The number of para-hydroxylation sites is 2. The van der Waals surface area contributed by atoms with Crippen LogP contribution in [0.4, 0.5) is 16.5 Å². The van der Waals surface area contributed by atoms with Crippen molar-refractivity contribution in [2.75, 3.05) is 17.7 Å². The molecule has 0 bridgehead atoms. The molecule has 122 valence electrons. The number of anilines is 2. The van der Waals surface area contributed by atoms with E-state index in [1.54, 1.807) is 48.5 Å². The van der Waals surface area contributed by atoms with Crippen LogP contribution in [-0.2, 0) is 0 Å². The molecule has 3 aromatic rings. The van der Waals surface area contributed by atoms with Gasteiger partial charge in [0.25, 0.3) is 0 Å². The molecule has 2 aromatic carbocycles. The number of methoxy groups -OCH3 is 1.